The Bertz CT molecular complexity index is 2160. The summed E-state index contributed by atoms with van der Waals surface area (Å²) in [5.41, 5.74) is 8.67. The Morgan fingerprint density at radius 3 is 2.08 bits per heavy atom. The molecule has 7 rings (SSSR count). The van der Waals surface area contributed by atoms with Gasteiger partial charge in [0.2, 0.25) is 5.75 Å². The van der Waals surface area contributed by atoms with Crippen LogP contribution < -0.4 is 19.1 Å². The third-order valence-corrected chi connectivity index (χ3v) is 9.60. The highest BCUT2D eigenvalue weighted by Crippen LogP contribution is 2.44. The van der Waals surface area contributed by atoms with E-state index in [-0.39, 0.29) is 5.41 Å². The summed E-state index contributed by atoms with van der Waals surface area (Å²) in [6, 6.07) is 25.2. The van der Waals surface area contributed by atoms with Crippen LogP contribution in [-0.2, 0) is 21.4 Å². The van der Waals surface area contributed by atoms with E-state index >= 15 is 0 Å². The molecule has 4 heterocycles. The Labute approximate surface area is 286 Å². The molecule has 1 aliphatic rings. The van der Waals surface area contributed by atoms with E-state index in [4.69, 9.17) is 23.7 Å². The van der Waals surface area contributed by atoms with Crippen molar-refractivity contribution in [2.24, 2.45) is 0 Å². The summed E-state index contributed by atoms with van der Waals surface area (Å²) in [5, 5.41) is 2.01. The topological polar surface area (TPSA) is 75.8 Å². The molecule has 0 bridgehead atoms. The van der Waals surface area contributed by atoms with Crippen LogP contribution in [0.25, 0.3) is 38.6 Å². The third-order valence-electron chi connectivity index (χ3n) is 9.60. The molecule has 0 unspecified atom stereocenters. The molecule has 0 radical (unpaired) electrons. The Balaban J connectivity index is 1.59. The number of fused-ring (bicyclic) bond motifs is 5. The number of carbonyl (C=O) groups is 1. The number of rotatable bonds is 8. The van der Waals surface area contributed by atoms with Crippen LogP contribution in [0.1, 0.15) is 42.4 Å². The quantitative estimate of drug-likeness (QED) is 0.155. The number of aromatic nitrogens is 2. The summed E-state index contributed by atoms with van der Waals surface area (Å²) in [6.45, 7) is 9.87. The van der Waals surface area contributed by atoms with E-state index in [0.29, 0.717) is 42.7 Å². The number of hydrogen-bond acceptors (Lipinski definition) is 7. The molecule has 0 amide bonds. The maximum Gasteiger partial charge on any atom is 0.355 e. The summed E-state index contributed by atoms with van der Waals surface area (Å²) >= 11 is 0. The van der Waals surface area contributed by atoms with Crippen molar-refractivity contribution in [1.29, 1.82) is 0 Å². The minimum absolute atomic E-state index is 0.00974. The molecule has 0 spiro atoms. The standard InChI is InChI=1S/C40H43N3O6/c1-40(2,3)27-14-12-26(13-15-27)31-23-32(41-16-18-49-19-17-41)37-36-29(22-33(43(31)37)39(44)48-7)28-10-8-9-11-30(28)42(36)24-25-20-34(45-4)38(47-6)35(21-25)46-5/h8-15,20-23H,16-19,24H2,1-7H3. The van der Waals surface area contributed by atoms with Gasteiger partial charge in [0.1, 0.15) is 5.69 Å². The highest BCUT2D eigenvalue weighted by Gasteiger charge is 2.28. The lowest BCUT2D eigenvalue weighted by molar-refractivity contribution is 0.0592. The third kappa shape index (κ3) is 5.52. The molecule has 0 aliphatic carbocycles. The van der Waals surface area contributed by atoms with Gasteiger partial charge in [0.25, 0.3) is 0 Å². The number of pyridine rings is 1. The van der Waals surface area contributed by atoms with E-state index in [9.17, 15) is 4.79 Å². The zero-order valence-electron chi connectivity index (χ0n) is 29.3. The second-order valence-electron chi connectivity index (χ2n) is 13.4. The first kappa shape index (κ1) is 32.4. The molecule has 3 aromatic heterocycles. The molecule has 6 aromatic rings. The van der Waals surface area contributed by atoms with Gasteiger partial charge in [-0.1, -0.05) is 63.2 Å². The smallest absolute Gasteiger partial charge is 0.355 e. The molecule has 1 aliphatic heterocycles. The summed E-state index contributed by atoms with van der Waals surface area (Å²) in [7, 11) is 6.31. The second kappa shape index (κ2) is 12.7. The van der Waals surface area contributed by atoms with Crippen molar-refractivity contribution < 1.29 is 28.5 Å². The van der Waals surface area contributed by atoms with E-state index in [0.717, 1.165) is 62.9 Å². The molecular formula is C40H43N3O6. The first-order valence-corrected chi connectivity index (χ1v) is 16.6. The van der Waals surface area contributed by atoms with Crippen LogP contribution in [0.15, 0.2) is 72.8 Å². The molecule has 254 valence electrons. The fraction of sp³-hybridized carbons (Fsp3) is 0.325. The van der Waals surface area contributed by atoms with Crippen LogP contribution in [0.4, 0.5) is 5.69 Å². The number of para-hydroxylation sites is 1. The fourth-order valence-electron chi connectivity index (χ4n) is 7.13. The van der Waals surface area contributed by atoms with Crippen LogP contribution in [0.3, 0.4) is 0 Å². The molecule has 1 fully saturated rings. The lowest BCUT2D eigenvalue weighted by Gasteiger charge is -2.28. The molecule has 3 aromatic carbocycles. The minimum Gasteiger partial charge on any atom is -0.493 e. The maximum absolute atomic E-state index is 13.7. The predicted octanol–water partition coefficient (Wildman–Crippen LogP) is 7.71. The molecule has 0 atom stereocenters. The highest BCUT2D eigenvalue weighted by molar-refractivity contribution is 6.17. The summed E-state index contributed by atoms with van der Waals surface area (Å²) in [5.74, 6) is 1.33. The Morgan fingerprint density at radius 2 is 1.47 bits per heavy atom. The first-order valence-electron chi connectivity index (χ1n) is 16.6. The van der Waals surface area contributed by atoms with E-state index in [1.807, 2.05) is 24.3 Å². The van der Waals surface area contributed by atoms with E-state index in [1.165, 1.54) is 12.7 Å². The maximum atomic E-state index is 13.7. The zero-order chi connectivity index (χ0) is 34.4. The fourth-order valence-corrected chi connectivity index (χ4v) is 7.13. The summed E-state index contributed by atoms with van der Waals surface area (Å²) < 4.78 is 32.7. The zero-order valence-corrected chi connectivity index (χ0v) is 29.3. The van der Waals surface area contributed by atoms with Crippen molar-refractivity contribution in [3.05, 3.63) is 89.6 Å². The van der Waals surface area contributed by atoms with Gasteiger partial charge < -0.3 is 33.2 Å². The van der Waals surface area contributed by atoms with E-state index in [1.54, 1.807) is 21.3 Å². The summed E-state index contributed by atoms with van der Waals surface area (Å²) in [6.07, 6.45) is 0. The van der Waals surface area contributed by atoms with Crippen molar-refractivity contribution in [1.82, 2.24) is 8.97 Å². The molecule has 49 heavy (non-hydrogen) atoms. The number of esters is 1. The molecule has 9 heteroatoms. The van der Waals surface area contributed by atoms with Crippen molar-refractivity contribution in [3.63, 3.8) is 0 Å². The van der Waals surface area contributed by atoms with Gasteiger partial charge in [-0.3, -0.25) is 4.40 Å². The van der Waals surface area contributed by atoms with Crippen molar-refractivity contribution in [2.75, 3.05) is 59.6 Å². The van der Waals surface area contributed by atoms with Gasteiger partial charge in [-0.05, 0) is 52.4 Å². The van der Waals surface area contributed by atoms with Crippen LogP contribution in [0.2, 0.25) is 0 Å². The number of hydrogen-bond donors (Lipinski definition) is 0. The first-order chi connectivity index (χ1) is 23.7. The van der Waals surface area contributed by atoms with Crippen molar-refractivity contribution in [2.45, 2.75) is 32.7 Å². The van der Waals surface area contributed by atoms with Gasteiger partial charge in [0, 0.05) is 35.9 Å². The Morgan fingerprint density at radius 1 is 0.796 bits per heavy atom. The Hall–Kier alpha value is -5.15. The van der Waals surface area contributed by atoms with Crippen molar-refractivity contribution >= 4 is 39.0 Å². The van der Waals surface area contributed by atoms with Gasteiger partial charge in [-0.15, -0.1) is 0 Å². The van der Waals surface area contributed by atoms with Crippen molar-refractivity contribution in [3.8, 4) is 28.5 Å². The molecule has 1 saturated heterocycles. The van der Waals surface area contributed by atoms with Crippen LogP contribution in [-0.4, -0.2) is 69.7 Å². The number of methoxy groups -OCH3 is 4. The monoisotopic (exact) mass is 661 g/mol. The largest absolute Gasteiger partial charge is 0.493 e. The number of nitrogens with zero attached hydrogens (tertiary/aromatic N) is 3. The average Bonchev–Trinajstić information content (AvgIpc) is 3.67. The molecule has 0 saturated carbocycles. The summed E-state index contributed by atoms with van der Waals surface area (Å²) in [4.78, 5) is 16.1. The van der Waals surface area contributed by atoms with Crippen LogP contribution >= 0.6 is 0 Å². The molecular weight excluding hydrogens is 618 g/mol. The number of benzene rings is 3. The van der Waals surface area contributed by atoms with Crippen LogP contribution in [0, 0.1) is 0 Å². The number of ether oxygens (including phenoxy) is 5. The van der Waals surface area contributed by atoms with Gasteiger partial charge in [-0.25, -0.2) is 4.79 Å². The minimum atomic E-state index is -0.398. The van der Waals surface area contributed by atoms with Crippen LogP contribution in [0.5, 0.6) is 17.2 Å². The normalized spacial score (nSPS) is 13.7. The second-order valence-corrected chi connectivity index (χ2v) is 13.4. The SMILES string of the molecule is COC(=O)c1cc2c3ccccc3n(Cc3cc(OC)c(OC)c(OC)c3)c2c2c(N3CCOCC3)cc(-c3ccc(C(C)(C)C)cc3)n12. The van der Waals surface area contributed by atoms with E-state index < -0.39 is 5.97 Å². The lowest BCUT2D eigenvalue weighted by atomic mass is 9.86. The van der Waals surface area contributed by atoms with Gasteiger partial charge in [-0.2, -0.15) is 0 Å². The van der Waals surface area contributed by atoms with E-state index in [2.05, 4.69) is 83.2 Å². The Kier molecular flexibility index (Phi) is 8.40. The number of carbonyl (C=O) groups excluding carboxylic acids is 1. The average molecular weight is 662 g/mol. The van der Waals surface area contributed by atoms with Gasteiger partial charge in [0.15, 0.2) is 11.5 Å². The van der Waals surface area contributed by atoms with Gasteiger partial charge in [0.05, 0.1) is 64.1 Å². The van der Waals surface area contributed by atoms with Gasteiger partial charge >= 0.3 is 5.97 Å². The number of morpholine rings is 1. The molecule has 9 nitrogen and oxygen atoms in total. The lowest BCUT2D eigenvalue weighted by Crippen LogP contribution is -2.36. The highest BCUT2D eigenvalue weighted by atomic mass is 16.5. The number of anilines is 1. The predicted molar refractivity (Wildman–Crippen MR) is 194 cm³/mol. The molecule has 0 N–H and O–H groups in total.